The molecule has 6 nitrogen and oxygen atoms in total. The topological polar surface area (TPSA) is 69.2 Å². The van der Waals surface area contributed by atoms with Gasteiger partial charge in [-0.25, -0.2) is 5.43 Å². The Morgan fingerprint density at radius 3 is 2.56 bits per heavy atom. The van der Waals surface area contributed by atoms with Gasteiger partial charge in [-0.15, -0.1) is 0 Å². The van der Waals surface area contributed by atoms with Crippen molar-refractivity contribution in [3.63, 3.8) is 0 Å². The minimum Gasteiger partial charge on any atom is -0.496 e. The molecule has 0 aliphatic rings. The molecule has 1 N–H and O–H groups in total. The van der Waals surface area contributed by atoms with Gasteiger partial charge >= 0.3 is 0 Å². The third-order valence-electron chi connectivity index (χ3n) is 4.56. The SMILES string of the molecule is COc1cc(C)ccc1C(=O)N/N=C\c1cc(I)c(OCc2ccccc2Cl)c(OC)c1. The van der Waals surface area contributed by atoms with Crippen molar-refractivity contribution in [3.8, 4) is 17.2 Å². The Hall–Kier alpha value is -2.78. The molecule has 0 unspecified atom stereocenters. The van der Waals surface area contributed by atoms with E-state index in [0.29, 0.717) is 34.4 Å². The summed E-state index contributed by atoms with van der Waals surface area (Å²) < 4.78 is 17.6. The van der Waals surface area contributed by atoms with E-state index in [0.717, 1.165) is 20.3 Å². The highest BCUT2D eigenvalue weighted by Gasteiger charge is 2.13. The van der Waals surface area contributed by atoms with E-state index in [4.69, 9.17) is 25.8 Å². The second kappa shape index (κ2) is 11.2. The van der Waals surface area contributed by atoms with Gasteiger partial charge < -0.3 is 14.2 Å². The van der Waals surface area contributed by atoms with Crippen LogP contribution < -0.4 is 19.6 Å². The van der Waals surface area contributed by atoms with Crippen LogP contribution in [0.25, 0.3) is 0 Å². The van der Waals surface area contributed by atoms with E-state index in [2.05, 4.69) is 33.1 Å². The first-order valence-electron chi connectivity index (χ1n) is 9.64. The summed E-state index contributed by atoms with van der Waals surface area (Å²) in [5, 5.41) is 4.71. The van der Waals surface area contributed by atoms with Gasteiger partial charge in [0.25, 0.3) is 5.91 Å². The predicted octanol–water partition coefficient (Wildman–Crippen LogP) is 5.61. The zero-order valence-corrected chi connectivity index (χ0v) is 20.7. The highest BCUT2D eigenvalue weighted by atomic mass is 127. The van der Waals surface area contributed by atoms with Gasteiger partial charge in [0.2, 0.25) is 0 Å². The third kappa shape index (κ3) is 5.92. The molecule has 8 heteroatoms. The fraction of sp³-hybridized carbons (Fsp3) is 0.167. The molecule has 0 fully saturated rings. The van der Waals surface area contributed by atoms with Gasteiger partial charge in [0.15, 0.2) is 11.5 Å². The Kier molecular flexibility index (Phi) is 8.35. The average molecular weight is 565 g/mol. The first-order valence-corrected chi connectivity index (χ1v) is 11.1. The number of hydrogen-bond acceptors (Lipinski definition) is 5. The van der Waals surface area contributed by atoms with E-state index in [1.807, 2.05) is 43.3 Å². The van der Waals surface area contributed by atoms with Gasteiger partial charge in [0, 0.05) is 10.6 Å². The summed E-state index contributed by atoms with van der Waals surface area (Å²) in [5.74, 6) is 1.30. The van der Waals surface area contributed by atoms with Crippen molar-refractivity contribution < 1.29 is 19.0 Å². The molecule has 0 saturated heterocycles. The van der Waals surface area contributed by atoms with Crippen LogP contribution in [0, 0.1) is 10.5 Å². The Balaban J connectivity index is 1.72. The molecule has 0 aromatic heterocycles. The lowest BCUT2D eigenvalue weighted by Gasteiger charge is -2.14. The van der Waals surface area contributed by atoms with E-state index < -0.39 is 0 Å². The van der Waals surface area contributed by atoms with Gasteiger partial charge in [0.05, 0.1) is 29.6 Å². The standard InChI is InChI=1S/C24H22ClIN2O4/c1-15-8-9-18(21(10-15)30-2)24(29)28-27-13-16-11-20(26)23(22(12-16)31-3)32-14-17-6-4-5-7-19(17)25/h4-13H,14H2,1-3H3,(H,28,29)/b27-13-. The molecule has 3 rings (SSSR count). The predicted molar refractivity (Wildman–Crippen MR) is 134 cm³/mol. The largest absolute Gasteiger partial charge is 0.496 e. The Morgan fingerprint density at radius 2 is 1.84 bits per heavy atom. The second-order valence-electron chi connectivity index (χ2n) is 6.82. The number of carbonyl (C=O) groups excluding carboxylic acids is 1. The first kappa shape index (κ1) is 23.9. The number of rotatable bonds is 8. The molecule has 3 aromatic rings. The summed E-state index contributed by atoms with van der Waals surface area (Å²) in [5.41, 5.74) is 5.56. The number of ether oxygens (including phenoxy) is 3. The highest BCUT2D eigenvalue weighted by Crippen LogP contribution is 2.34. The van der Waals surface area contributed by atoms with Crippen molar-refractivity contribution in [2.45, 2.75) is 13.5 Å². The van der Waals surface area contributed by atoms with E-state index in [-0.39, 0.29) is 5.91 Å². The van der Waals surface area contributed by atoms with Crippen LogP contribution in [0.4, 0.5) is 0 Å². The molecule has 1 amide bonds. The normalized spacial score (nSPS) is 10.8. The summed E-state index contributed by atoms with van der Waals surface area (Å²) in [4.78, 5) is 12.5. The minimum atomic E-state index is -0.362. The molecule has 166 valence electrons. The van der Waals surface area contributed by atoms with Crippen molar-refractivity contribution in [1.29, 1.82) is 0 Å². The molecule has 32 heavy (non-hydrogen) atoms. The number of benzene rings is 3. The van der Waals surface area contributed by atoms with Crippen LogP contribution in [-0.2, 0) is 6.61 Å². The monoisotopic (exact) mass is 564 g/mol. The summed E-state index contributed by atoms with van der Waals surface area (Å²) in [6, 6.07) is 16.5. The van der Waals surface area contributed by atoms with Gasteiger partial charge in [0.1, 0.15) is 12.4 Å². The van der Waals surface area contributed by atoms with Crippen LogP contribution in [0.3, 0.4) is 0 Å². The zero-order valence-electron chi connectivity index (χ0n) is 17.8. The number of nitrogens with zero attached hydrogens (tertiary/aromatic N) is 1. The quantitative estimate of drug-likeness (QED) is 0.219. The maximum Gasteiger partial charge on any atom is 0.275 e. The third-order valence-corrected chi connectivity index (χ3v) is 5.73. The van der Waals surface area contributed by atoms with Gasteiger partial charge in [-0.2, -0.15) is 5.10 Å². The molecule has 0 aliphatic carbocycles. The smallest absolute Gasteiger partial charge is 0.275 e. The van der Waals surface area contributed by atoms with Crippen molar-refractivity contribution in [2.24, 2.45) is 5.10 Å². The number of hydrogen-bond donors (Lipinski definition) is 1. The Bertz CT molecular complexity index is 1150. The van der Waals surface area contributed by atoms with Crippen LogP contribution in [0.15, 0.2) is 59.7 Å². The summed E-state index contributed by atoms with van der Waals surface area (Å²) in [7, 11) is 3.10. The lowest BCUT2D eigenvalue weighted by Crippen LogP contribution is -2.18. The number of amides is 1. The lowest BCUT2D eigenvalue weighted by atomic mass is 10.1. The van der Waals surface area contributed by atoms with Crippen molar-refractivity contribution >= 4 is 46.3 Å². The molecular formula is C24H22ClIN2O4. The minimum absolute atomic E-state index is 0.313. The molecule has 0 saturated carbocycles. The average Bonchev–Trinajstić information content (AvgIpc) is 2.78. The molecule has 0 atom stereocenters. The highest BCUT2D eigenvalue weighted by molar-refractivity contribution is 14.1. The van der Waals surface area contributed by atoms with Crippen LogP contribution in [0.1, 0.15) is 27.0 Å². The van der Waals surface area contributed by atoms with Crippen molar-refractivity contribution in [3.05, 3.63) is 85.4 Å². The zero-order chi connectivity index (χ0) is 23.1. The fourth-order valence-corrected chi connectivity index (χ4v) is 3.90. The van der Waals surface area contributed by atoms with Crippen molar-refractivity contribution in [2.75, 3.05) is 14.2 Å². The first-order chi connectivity index (χ1) is 15.4. The maximum absolute atomic E-state index is 12.5. The lowest BCUT2D eigenvalue weighted by molar-refractivity contribution is 0.0952. The van der Waals surface area contributed by atoms with E-state index >= 15 is 0 Å². The molecule has 0 heterocycles. The van der Waals surface area contributed by atoms with Crippen LogP contribution >= 0.6 is 34.2 Å². The number of methoxy groups -OCH3 is 2. The maximum atomic E-state index is 12.5. The summed E-state index contributed by atoms with van der Waals surface area (Å²) >= 11 is 8.38. The second-order valence-corrected chi connectivity index (χ2v) is 8.39. The van der Waals surface area contributed by atoms with Gasteiger partial charge in [-0.3, -0.25) is 4.79 Å². The van der Waals surface area contributed by atoms with Crippen LogP contribution in [-0.4, -0.2) is 26.3 Å². The Morgan fingerprint density at radius 1 is 1.09 bits per heavy atom. The van der Waals surface area contributed by atoms with E-state index in [9.17, 15) is 4.79 Å². The number of aryl methyl sites for hydroxylation is 1. The Labute approximate surface area is 205 Å². The van der Waals surface area contributed by atoms with Crippen molar-refractivity contribution in [1.82, 2.24) is 5.43 Å². The number of carbonyl (C=O) groups is 1. The number of halogens is 2. The molecule has 0 aliphatic heterocycles. The van der Waals surface area contributed by atoms with Crippen LogP contribution in [0.2, 0.25) is 5.02 Å². The van der Waals surface area contributed by atoms with Gasteiger partial charge in [-0.1, -0.05) is 35.9 Å². The molecule has 0 spiro atoms. The summed E-state index contributed by atoms with van der Waals surface area (Å²) in [6.07, 6.45) is 1.54. The summed E-state index contributed by atoms with van der Waals surface area (Å²) in [6.45, 7) is 2.24. The van der Waals surface area contributed by atoms with Gasteiger partial charge in [-0.05, 0) is 71.0 Å². The van der Waals surface area contributed by atoms with E-state index in [1.165, 1.54) is 7.11 Å². The number of hydrazone groups is 1. The number of nitrogens with one attached hydrogen (secondary N) is 1. The van der Waals surface area contributed by atoms with E-state index in [1.54, 1.807) is 31.5 Å². The fourth-order valence-electron chi connectivity index (χ4n) is 2.93. The molecule has 0 radical (unpaired) electrons. The molecular weight excluding hydrogens is 543 g/mol. The molecule has 0 bridgehead atoms. The van der Waals surface area contributed by atoms with Crippen LogP contribution in [0.5, 0.6) is 17.2 Å². The molecule has 3 aromatic carbocycles.